The Hall–Kier alpha value is -2.02. The van der Waals surface area contributed by atoms with E-state index in [1.54, 1.807) is 24.4 Å². The molecule has 1 atom stereocenters. The van der Waals surface area contributed by atoms with Crippen LogP contribution in [0.5, 0.6) is 0 Å². The lowest BCUT2D eigenvalue weighted by molar-refractivity contribution is -0.118. The van der Waals surface area contributed by atoms with Gasteiger partial charge in [-0.05, 0) is 47.9 Å². The number of hydrogen-bond donors (Lipinski definition) is 1. The van der Waals surface area contributed by atoms with Gasteiger partial charge in [-0.2, -0.15) is 5.10 Å². The second kappa shape index (κ2) is 8.78. The molecule has 1 aliphatic rings. The zero-order valence-electron chi connectivity index (χ0n) is 14.8. The molecule has 1 saturated heterocycles. The van der Waals surface area contributed by atoms with Crippen molar-refractivity contribution in [3.8, 4) is 0 Å². The highest BCUT2D eigenvalue weighted by Gasteiger charge is 2.31. The highest BCUT2D eigenvalue weighted by Crippen LogP contribution is 2.28. The fraction of sp³-hybridized carbons (Fsp3) is 0.211. The van der Waals surface area contributed by atoms with Gasteiger partial charge in [0.15, 0.2) is 5.17 Å². The second-order valence-corrected chi connectivity index (χ2v) is 8.21. The SMILES string of the molecule is CN(C)c1ccc(/C=N/N=C2\NC(=O)[C@H](Cc3cc(Cl)ccc3Cl)S2)cc1. The van der Waals surface area contributed by atoms with Crippen LogP contribution in [0.1, 0.15) is 11.1 Å². The van der Waals surface area contributed by atoms with Crippen molar-refractivity contribution >= 4 is 57.9 Å². The quantitative estimate of drug-likeness (QED) is 0.581. The van der Waals surface area contributed by atoms with Gasteiger partial charge >= 0.3 is 0 Å². The smallest absolute Gasteiger partial charge is 0.239 e. The molecule has 0 saturated carbocycles. The maximum Gasteiger partial charge on any atom is 0.239 e. The van der Waals surface area contributed by atoms with E-state index in [0.29, 0.717) is 21.6 Å². The zero-order valence-corrected chi connectivity index (χ0v) is 17.1. The Balaban J connectivity index is 1.63. The van der Waals surface area contributed by atoms with Gasteiger partial charge in [-0.1, -0.05) is 47.1 Å². The minimum Gasteiger partial charge on any atom is -0.378 e. The Morgan fingerprint density at radius 3 is 2.63 bits per heavy atom. The van der Waals surface area contributed by atoms with Crippen LogP contribution in [0.4, 0.5) is 5.69 Å². The number of nitrogens with one attached hydrogen (secondary N) is 1. The van der Waals surface area contributed by atoms with E-state index in [4.69, 9.17) is 23.2 Å². The van der Waals surface area contributed by atoms with Crippen LogP contribution in [0.15, 0.2) is 52.7 Å². The number of benzene rings is 2. The van der Waals surface area contributed by atoms with Crippen molar-refractivity contribution in [1.29, 1.82) is 0 Å². The normalized spacial score (nSPS) is 18.3. The van der Waals surface area contributed by atoms with Crippen LogP contribution in [0.2, 0.25) is 10.0 Å². The van der Waals surface area contributed by atoms with Crippen molar-refractivity contribution in [2.24, 2.45) is 10.2 Å². The summed E-state index contributed by atoms with van der Waals surface area (Å²) in [6, 6.07) is 13.2. The highest BCUT2D eigenvalue weighted by atomic mass is 35.5. The largest absolute Gasteiger partial charge is 0.378 e. The number of hydrogen-bond acceptors (Lipinski definition) is 5. The fourth-order valence-electron chi connectivity index (χ4n) is 2.49. The molecule has 0 spiro atoms. The molecule has 1 aliphatic heterocycles. The van der Waals surface area contributed by atoms with Gasteiger partial charge < -0.3 is 10.2 Å². The highest BCUT2D eigenvalue weighted by molar-refractivity contribution is 8.15. The molecule has 0 unspecified atom stereocenters. The van der Waals surface area contributed by atoms with E-state index in [-0.39, 0.29) is 11.2 Å². The summed E-state index contributed by atoms with van der Waals surface area (Å²) in [4.78, 5) is 14.2. The van der Waals surface area contributed by atoms with Crippen LogP contribution in [0.25, 0.3) is 0 Å². The first-order valence-electron chi connectivity index (χ1n) is 8.22. The van der Waals surface area contributed by atoms with Gasteiger partial charge in [0.05, 0.1) is 11.5 Å². The third kappa shape index (κ3) is 5.25. The summed E-state index contributed by atoms with van der Waals surface area (Å²) in [6.07, 6.45) is 2.13. The summed E-state index contributed by atoms with van der Waals surface area (Å²) < 4.78 is 0. The van der Waals surface area contributed by atoms with Crippen LogP contribution >= 0.6 is 35.0 Å². The molecule has 1 fully saturated rings. The van der Waals surface area contributed by atoms with Gasteiger partial charge in [-0.25, -0.2) is 0 Å². The van der Waals surface area contributed by atoms with Crippen LogP contribution in [0, 0.1) is 0 Å². The van der Waals surface area contributed by atoms with Crippen molar-refractivity contribution in [2.45, 2.75) is 11.7 Å². The molecule has 3 rings (SSSR count). The predicted octanol–water partition coefficient (Wildman–Crippen LogP) is 4.22. The summed E-state index contributed by atoms with van der Waals surface area (Å²) in [7, 11) is 3.98. The minimum atomic E-state index is -0.311. The second-order valence-electron chi connectivity index (χ2n) is 6.17. The van der Waals surface area contributed by atoms with Crippen molar-refractivity contribution in [2.75, 3.05) is 19.0 Å². The Labute approximate surface area is 172 Å². The number of nitrogens with zero attached hydrogens (tertiary/aromatic N) is 3. The average molecular weight is 421 g/mol. The summed E-state index contributed by atoms with van der Waals surface area (Å²) in [5.74, 6) is -0.111. The minimum absolute atomic E-state index is 0.111. The van der Waals surface area contributed by atoms with Gasteiger partial charge in [-0.3, -0.25) is 4.79 Å². The molecular weight excluding hydrogens is 403 g/mol. The Bertz CT molecular complexity index is 897. The lowest BCUT2D eigenvalue weighted by Crippen LogP contribution is -2.26. The molecule has 0 aliphatic carbocycles. The van der Waals surface area contributed by atoms with Gasteiger partial charge in [0.1, 0.15) is 0 Å². The first-order valence-corrected chi connectivity index (χ1v) is 9.86. The van der Waals surface area contributed by atoms with Crippen molar-refractivity contribution < 1.29 is 4.79 Å². The van der Waals surface area contributed by atoms with E-state index in [9.17, 15) is 4.79 Å². The summed E-state index contributed by atoms with van der Waals surface area (Å²) >= 11 is 13.5. The molecule has 5 nitrogen and oxygen atoms in total. The number of carbonyl (C=O) groups excluding carboxylic acids is 1. The maximum atomic E-state index is 12.2. The standard InChI is InChI=1S/C19H18Cl2N4OS/c1-25(2)15-6-3-12(4-7-15)11-22-24-19-23-18(26)17(27-19)10-13-9-14(20)5-8-16(13)21/h3-9,11,17H,10H2,1-2H3,(H,23,24,26)/b22-11+/t17-/m0/s1. The van der Waals surface area contributed by atoms with Gasteiger partial charge in [-0.15, -0.1) is 5.10 Å². The number of thioether (sulfide) groups is 1. The summed E-state index contributed by atoms with van der Waals surface area (Å²) in [6.45, 7) is 0. The third-order valence-electron chi connectivity index (χ3n) is 3.95. The molecule has 2 aromatic carbocycles. The fourth-order valence-corrected chi connectivity index (χ4v) is 3.83. The molecule has 1 amide bonds. The Kier molecular flexibility index (Phi) is 6.42. The van der Waals surface area contributed by atoms with Crippen LogP contribution in [0.3, 0.4) is 0 Å². The number of amides is 1. The molecule has 1 N–H and O–H groups in total. The lowest BCUT2D eigenvalue weighted by Gasteiger charge is -2.11. The van der Waals surface area contributed by atoms with Gasteiger partial charge in [0, 0.05) is 29.8 Å². The van der Waals surface area contributed by atoms with E-state index in [2.05, 4.69) is 15.5 Å². The zero-order chi connectivity index (χ0) is 19.4. The number of amidine groups is 1. The van der Waals surface area contributed by atoms with E-state index >= 15 is 0 Å². The van der Waals surface area contributed by atoms with E-state index < -0.39 is 0 Å². The first-order chi connectivity index (χ1) is 12.9. The number of halogens is 2. The number of carbonyl (C=O) groups is 1. The summed E-state index contributed by atoms with van der Waals surface area (Å²) in [5, 5.41) is 12.3. The van der Waals surface area contributed by atoms with E-state index in [1.165, 1.54) is 11.8 Å². The Morgan fingerprint density at radius 2 is 1.93 bits per heavy atom. The van der Waals surface area contributed by atoms with Gasteiger partial charge in [0.25, 0.3) is 0 Å². The molecule has 0 bridgehead atoms. The van der Waals surface area contributed by atoms with Crippen LogP contribution in [-0.2, 0) is 11.2 Å². The van der Waals surface area contributed by atoms with Crippen LogP contribution in [-0.4, -0.2) is 36.6 Å². The lowest BCUT2D eigenvalue weighted by atomic mass is 10.1. The van der Waals surface area contributed by atoms with E-state index in [1.807, 2.05) is 43.3 Å². The molecule has 0 aromatic heterocycles. The molecule has 1 heterocycles. The van der Waals surface area contributed by atoms with E-state index in [0.717, 1.165) is 16.8 Å². The first kappa shape index (κ1) is 19.7. The maximum absolute atomic E-state index is 12.2. The van der Waals surface area contributed by atoms with Gasteiger partial charge in [0.2, 0.25) is 5.91 Å². The van der Waals surface area contributed by atoms with Crippen LogP contribution < -0.4 is 10.2 Å². The number of rotatable bonds is 5. The predicted molar refractivity (Wildman–Crippen MR) is 115 cm³/mol. The Morgan fingerprint density at radius 1 is 1.19 bits per heavy atom. The average Bonchev–Trinajstić information content (AvgIpc) is 2.98. The molecule has 140 valence electrons. The van der Waals surface area contributed by atoms with Crippen molar-refractivity contribution in [3.63, 3.8) is 0 Å². The molecule has 2 aromatic rings. The topological polar surface area (TPSA) is 57.1 Å². The molecule has 27 heavy (non-hydrogen) atoms. The molecule has 0 radical (unpaired) electrons. The molecule has 8 heteroatoms. The summed E-state index contributed by atoms with van der Waals surface area (Å²) in [5.41, 5.74) is 2.88. The van der Waals surface area contributed by atoms with Crippen molar-refractivity contribution in [3.05, 3.63) is 63.6 Å². The third-order valence-corrected chi connectivity index (χ3v) is 5.63. The molecular formula is C19H18Cl2N4OS. The van der Waals surface area contributed by atoms with Crippen molar-refractivity contribution in [1.82, 2.24) is 5.32 Å². The monoisotopic (exact) mass is 420 g/mol. The number of anilines is 1.